The molecule has 7 heteroatoms. The molecule has 0 heterocycles. The van der Waals surface area contributed by atoms with E-state index >= 15 is 0 Å². The summed E-state index contributed by atoms with van der Waals surface area (Å²) in [5.74, 6) is 0.864. The Kier molecular flexibility index (Phi) is 5.65. The predicted octanol–water partition coefficient (Wildman–Crippen LogP) is 2.25. The highest BCUT2D eigenvalue weighted by molar-refractivity contribution is 9.10. The second-order valence-electron chi connectivity index (χ2n) is 5.18. The average molecular weight is 377 g/mol. The Morgan fingerprint density at radius 1 is 1.43 bits per heavy atom. The fourth-order valence-electron chi connectivity index (χ4n) is 2.66. The van der Waals surface area contributed by atoms with Gasteiger partial charge in [-0.2, -0.15) is 0 Å². The zero-order chi connectivity index (χ0) is 15.5. The Morgan fingerprint density at radius 2 is 2.19 bits per heavy atom. The minimum atomic E-state index is -3.53. The smallest absolute Gasteiger partial charge is 0.240 e. The van der Waals surface area contributed by atoms with Crippen LogP contribution in [0.1, 0.15) is 26.2 Å². The zero-order valence-electron chi connectivity index (χ0n) is 12.0. The summed E-state index contributed by atoms with van der Waals surface area (Å²) in [6, 6.07) is 4.73. The van der Waals surface area contributed by atoms with Gasteiger partial charge in [0.2, 0.25) is 10.0 Å². The number of nitrogens with one attached hydrogen (secondary N) is 1. The molecule has 0 bridgehead atoms. The van der Waals surface area contributed by atoms with E-state index in [9.17, 15) is 8.42 Å². The van der Waals surface area contributed by atoms with Gasteiger partial charge in [0.15, 0.2) is 0 Å². The summed E-state index contributed by atoms with van der Waals surface area (Å²) in [5.41, 5.74) is 5.70. The molecule has 0 saturated heterocycles. The normalized spacial score (nSPS) is 22.4. The molecule has 21 heavy (non-hydrogen) atoms. The molecule has 0 aromatic heterocycles. The third-order valence-corrected chi connectivity index (χ3v) is 5.89. The van der Waals surface area contributed by atoms with Crippen LogP contribution >= 0.6 is 15.9 Å². The van der Waals surface area contributed by atoms with Gasteiger partial charge in [0.1, 0.15) is 5.75 Å². The van der Waals surface area contributed by atoms with E-state index in [2.05, 4.69) is 20.7 Å². The summed E-state index contributed by atoms with van der Waals surface area (Å²) >= 11 is 3.34. The summed E-state index contributed by atoms with van der Waals surface area (Å²) in [6.07, 6.45) is 2.85. The van der Waals surface area contributed by atoms with Crippen LogP contribution in [0, 0.1) is 5.92 Å². The lowest BCUT2D eigenvalue weighted by molar-refractivity contribution is 0.338. The molecule has 1 fully saturated rings. The number of sulfonamides is 1. The van der Waals surface area contributed by atoms with E-state index in [1.54, 1.807) is 18.2 Å². The van der Waals surface area contributed by atoms with E-state index in [1.165, 1.54) is 0 Å². The maximum atomic E-state index is 12.5. The Bertz CT molecular complexity index is 592. The minimum Gasteiger partial charge on any atom is -0.493 e. The van der Waals surface area contributed by atoms with E-state index in [-0.39, 0.29) is 16.9 Å². The number of benzene rings is 1. The molecule has 1 aromatic rings. The van der Waals surface area contributed by atoms with Gasteiger partial charge in [0, 0.05) is 6.04 Å². The predicted molar refractivity (Wildman–Crippen MR) is 85.8 cm³/mol. The Labute approximate surface area is 134 Å². The molecule has 1 aliphatic rings. The largest absolute Gasteiger partial charge is 0.493 e. The van der Waals surface area contributed by atoms with Crippen molar-refractivity contribution in [2.75, 3.05) is 13.2 Å². The molecule has 0 aliphatic heterocycles. The molecule has 1 aromatic carbocycles. The Balaban J connectivity index is 2.17. The lowest BCUT2D eigenvalue weighted by Gasteiger charge is -2.19. The van der Waals surface area contributed by atoms with Crippen LogP contribution in [-0.2, 0) is 10.0 Å². The van der Waals surface area contributed by atoms with Crippen LogP contribution in [0.5, 0.6) is 5.75 Å². The first-order valence-corrected chi connectivity index (χ1v) is 9.40. The summed E-state index contributed by atoms with van der Waals surface area (Å²) < 4.78 is 33.7. The molecule has 0 radical (unpaired) electrons. The summed E-state index contributed by atoms with van der Waals surface area (Å²) in [4.78, 5) is 0.237. The second-order valence-corrected chi connectivity index (χ2v) is 7.75. The number of halogens is 1. The molecule has 2 rings (SSSR count). The van der Waals surface area contributed by atoms with Crippen LogP contribution in [0.4, 0.5) is 0 Å². The summed E-state index contributed by atoms with van der Waals surface area (Å²) in [7, 11) is -3.53. The van der Waals surface area contributed by atoms with Gasteiger partial charge < -0.3 is 10.5 Å². The minimum absolute atomic E-state index is 0.0645. The molecule has 1 aliphatic carbocycles. The summed E-state index contributed by atoms with van der Waals surface area (Å²) in [6.45, 7) is 2.93. The quantitative estimate of drug-likeness (QED) is 0.797. The molecule has 0 spiro atoms. The average Bonchev–Trinajstić information content (AvgIpc) is 2.87. The van der Waals surface area contributed by atoms with Crippen molar-refractivity contribution in [2.24, 2.45) is 11.7 Å². The fourth-order valence-corrected chi connectivity index (χ4v) is 4.67. The zero-order valence-corrected chi connectivity index (χ0v) is 14.4. The second kappa shape index (κ2) is 7.09. The van der Waals surface area contributed by atoms with Crippen LogP contribution in [0.25, 0.3) is 0 Å². The van der Waals surface area contributed by atoms with Crippen molar-refractivity contribution < 1.29 is 13.2 Å². The van der Waals surface area contributed by atoms with Crippen molar-refractivity contribution >= 4 is 26.0 Å². The van der Waals surface area contributed by atoms with E-state index < -0.39 is 10.0 Å². The maximum Gasteiger partial charge on any atom is 0.240 e. The summed E-state index contributed by atoms with van der Waals surface area (Å²) in [5, 5.41) is 0. The van der Waals surface area contributed by atoms with E-state index in [0.717, 1.165) is 19.3 Å². The lowest BCUT2D eigenvalue weighted by atomic mass is 10.1. The first-order valence-electron chi connectivity index (χ1n) is 7.12. The lowest BCUT2D eigenvalue weighted by Crippen LogP contribution is -2.39. The highest BCUT2D eigenvalue weighted by Gasteiger charge is 2.30. The van der Waals surface area contributed by atoms with Crippen LogP contribution in [0.2, 0.25) is 0 Å². The van der Waals surface area contributed by atoms with E-state index in [4.69, 9.17) is 10.5 Å². The third-order valence-electron chi connectivity index (χ3n) is 3.78. The highest BCUT2D eigenvalue weighted by Crippen LogP contribution is 2.30. The molecule has 2 atom stereocenters. The topological polar surface area (TPSA) is 81.4 Å². The Hall–Kier alpha value is -0.630. The van der Waals surface area contributed by atoms with Gasteiger partial charge in [-0.25, -0.2) is 13.1 Å². The van der Waals surface area contributed by atoms with Crippen LogP contribution < -0.4 is 15.2 Å². The van der Waals surface area contributed by atoms with Crippen LogP contribution in [-0.4, -0.2) is 27.6 Å². The number of nitrogens with two attached hydrogens (primary N) is 1. The third kappa shape index (κ3) is 3.97. The molecule has 3 N–H and O–H groups in total. The Morgan fingerprint density at radius 3 is 2.81 bits per heavy atom. The van der Waals surface area contributed by atoms with Crippen molar-refractivity contribution in [2.45, 2.75) is 37.1 Å². The molecule has 118 valence electrons. The SMILES string of the molecule is CCOc1ccc(S(=O)(=O)NC2CCCC2CN)cc1Br. The van der Waals surface area contributed by atoms with Gasteiger partial charge in [0.05, 0.1) is 16.0 Å². The fraction of sp³-hybridized carbons (Fsp3) is 0.571. The van der Waals surface area contributed by atoms with Gasteiger partial charge in [-0.1, -0.05) is 6.42 Å². The van der Waals surface area contributed by atoms with Crippen molar-refractivity contribution in [3.05, 3.63) is 22.7 Å². The van der Waals surface area contributed by atoms with Crippen molar-refractivity contribution in [1.82, 2.24) is 4.72 Å². The van der Waals surface area contributed by atoms with Gasteiger partial charge in [-0.15, -0.1) is 0 Å². The van der Waals surface area contributed by atoms with Gasteiger partial charge in [-0.05, 0) is 66.4 Å². The van der Waals surface area contributed by atoms with E-state index in [1.807, 2.05) is 6.92 Å². The van der Waals surface area contributed by atoms with Crippen LogP contribution in [0.3, 0.4) is 0 Å². The van der Waals surface area contributed by atoms with Crippen molar-refractivity contribution in [1.29, 1.82) is 0 Å². The van der Waals surface area contributed by atoms with Crippen molar-refractivity contribution in [3.8, 4) is 5.75 Å². The molecule has 2 unspecified atom stereocenters. The van der Waals surface area contributed by atoms with Crippen molar-refractivity contribution in [3.63, 3.8) is 0 Å². The number of hydrogen-bond donors (Lipinski definition) is 2. The van der Waals surface area contributed by atoms with Gasteiger partial charge in [-0.3, -0.25) is 0 Å². The molecule has 0 amide bonds. The van der Waals surface area contributed by atoms with Gasteiger partial charge >= 0.3 is 0 Å². The first-order chi connectivity index (χ1) is 9.97. The number of hydrogen-bond acceptors (Lipinski definition) is 4. The van der Waals surface area contributed by atoms with E-state index in [0.29, 0.717) is 23.4 Å². The van der Waals surface area contributed by atoms with Gasteiger partial charge in [0.25, 0.3) is 0 Å². The first kappa shape index (κ1) is 16.7. The van der Waals surface area contributed by atoms with Crippen LogP contribution in [0.15, 0.2) is 27.6 Å². The maximum absolute atomic E-state index is 12.5. The molecule has 5 nitrogen and oxygen atoms in total. The molecule has 1 saturated carbocycles. The molecular weight excluding hydrogens is 356 g/mol. The highest BCUT2D eigenvalue weighted by atomic mass is 79.9. The molecular formula is C14H21BrN2O3S. The number of rotatable bonds is 6. The monoisotopic (exact) mass is 376 g/mol. The number of ether oxygens (including phenoxy) is 1. The standard InChI is InChI=1S/C14H21BrN2O3S/c1-2-20-14-7-6-11(8-12(14)15)21(18,19)17-13-5-3-4-10(13)9-16/h6-8,10,13,17H,2-5,9,16H2,1H3.